The predicted molar refractivity (Wildman–Crippen MR) is 97.6 cm³/mol. The fraction of sp³-hybridized carbons (Fsp3) is 0.250. The normalized spacial score (nSPS) is 12.0. The zero-order chi connectivity index (χ0) is 18.7. The predicted octanol–water partition coefficient (Wildman–Crippen LogP) is 3.70. The van der Waals surface area contributed by atoms with Crippen LogP contribution in [-0.2, 0) is 4.74 Å². The van der Waals surface area contributed by atoms with E-state index in [2.05, 4.69) is 9.97 Å². The number of fused-ring (bicyclic) bond motifs is 1. The third kappa shape index (κ3) is 3.31. The van der Waals surface area contributed by atoms with Gasteiger partial charge in [-0.25, -0.2) is 9.78 Å². The number of aromatic nitrogens is 2. The van der Waals surface area contributed by atoms with Gasteiger partial charge in [0.1, 0.15) is 5.56 Å². The van der Waals surface area contributed by atoms with Crippen LogP contribution in [0.5, 0.6) is 5.88 Å². The zero-order valence-corrected chi connectivity index (χ0v) is 14.9. The molecule has 6 heteroatoms. The van der Waals surface area contributed by atoms with Gasteiger partial charge >= 0.3 is 5.97 Å². The number of nitrogens with one attached hydrogen (secondary N) is 1. The Morgan fingerprint density at radius 2 is 1.96 bits per heavy atom. The molecule has 0 radical (unpaired) electrons. The minimum Gasteiger partial charge on any atom is -0.477 e. The minimum atomic E-state index is -0.935. The van der Waals surface area contributed by atoms with Crippen LogP contribution >= 0.6 is 0 Å². The summed E-state index contributed by atoms with van der Waals surface area (Å²) in [4.78, 5) is 32.6. The summed E-state index contributed by atoms with van der Waals surface area (Å²) in [6.45, 7) is 5.57. The van der Waals surface area contributed by atoms with E-state index in [1.165, 1.54) is 6.20 Å². The number of esters is 1. The van der Waals surface area contributed by atoms with Crippen molar-refractivity contribution in [1.82, 2.24) is 9.97 Å². The number of pyridine rings is 1. The standard InChI is InChI=1S/C20H20N2O4/c1-4-25-19-15(9-7-11-21-19)20(24)26-13(3)18(23)17-12(2)22-16-10-6-5-8-14(16)17/h5-11,13,22H,4H2,1-3H3. The second kappa shape index (κ2) is 7.39. The van der Waals surface area contributed by atoms with Crippen LogP contribution in [-0.4, -0.2) is 34.4 Å². The van der Waals surface area contributed by atoms with E-state index in [0.717, 1.165) is 16.6 Å². The maximum Gasteiger partial charge on any atom is 0.344 e. The molecule has 1 unspecified atom stereocenters. The summed E-state index contributed by atoms with van der Waals surface area (Å²) >= 11 is 0. The van der Waals surface area contributed by atoms with Gasteiger partial charge in [0.25, 0.3) is 0 Å². The van der Waals surface area contributed by atoms with Gasteiger partial charge in [-0.1, -0.05) is 18.2 Å². The van der Waals surface area contributed by atoms with Crippen LogP contribution < -0.4 is 4.74 Å². The molecular weight excluding hydrogens is 332 g/mol. The number of Topliss-reactive ketones (excluding diaryl/α,β-unsaturated/α-hetero) is 1. The lowest BCUT2D eigenvalue weighted by atomic mass is 10.0. The number of para-hydroxylation sites is 1. The highest BCUT2D eigenvalue weighted by molar-refractivity contribution is 6.11. The van der Waals surface area contributed by atoms with Gasteiger partial charge in [-0.3, -0.25) is 4.79 Å². The number of carbonyl (C=O) groups is 2. The van der Waals surface area contributed by atoms with Gasteiger partial charge in [-0.05, 0) is 39.0 Å². The Kier molecular flexibility index (Phi) is 5.02. The van der Waals surface area contributed by atoms with Gasteiger partial charge in [0.15, 0.2) is 6.10 Å². The van der Waals surface area contributed by atoms with E-state index in [-0.39, 0.29) is 17.2 Å². The summed E-state index contributed by atoms with van der Waals surface area (Å²) < 4.78 is 10.7. The second-order valence-electron chi connectivity index (χ2n) is 5.87. The molecule has 0 aliphatic carbocycles. The van der Waals surface area contributed by atoms with Crippen LogP contribution in [0.3, 0.4) is 0 Å². The van der Waals surface area contributed by atoms with Crippen LogP contribution in [0.1, 0.15) is 40.3 Å². The third-order valence-corrected chi connectivity index (χ3v) is 4.07. The lowest BCUT2D eigenvalue weighted by molar-refractivity contribution is 0.0314. The number of aryl methyl sites for hydroxylation is 1. The SMILES string of the molecule is CCOc1ncccc1C(=O)OC(C)C(=O)c1c(C)[nH]c2ccccc12. The van der Waals surface area contributed by atoms with Gasteiger partial charge < -0.3 is 14.5 Å². The number of rotatable bonds is 6. The molecule has 0 spiro atoms. The fourth-order valence-electron chi connectivity index (χ4n) is 2.87. The topological polar surface area (TPSA) is 81.3 Å². The number of hydrogen-bond acceptors (Lipinski definition) is 5. The summed E-state index contributed by atoms with van der Waals surface area (Å²) in [5.41, 5.74) is 2.36. The maximum atomic E-state index is 12.9. The number of hydrogen-bond donors (Lipinski definition) is 1. The molecule has 134 valence electrons. The summed E-state index contributed by atoms with van der Waals surface area (Å²) in [6.07, 6.45) is 0.598. The molecule has 0 saturated heterocycles. The van der Waals surface area contributed by atoms with E-state index >= 15 is 0 Å². The number of nitrogens with zero attached hydrogens (tertiary/aromatic N) is 1. The van der Waals surface area contributed by atoms with Crippen LogP contribution in [0.25, 0.3) is 10.9 Å². The first-order chi connectivity index (χ1) is 12.5. The monoisotopic (exact) mass is 352 g/mol. The summed E-state index contributed by atoms with van der Waals surface area (Å²) in [5.74, 6) is -0.696. The Hall–Kier alpha value is -3.15. The van der Waals surface area contributed by atoms with Crippen molar-refractivity contribution in [2.75, 3.05) is 6.61 Å². The van der Waals surface area contributed by atoms with E-state index in [9.17, 15) is 9.59 Å². The van der Waals surface area contributed by atoms with Gasteiger partial charge in [0, 0.05) is 28.4 Å². The van der Waals surface area contributed by atoms with Crippen molar-refractivity contribution in [3.05, 3.63) is 59.4 Å². The molecule has 0 aliphatic rings. The second-order valence-corrected chi connectivity index (χ2v) is 5.87. The van der Waals surface area contributed by atoms with Gasteiger partial charge in [0.05, 0.1) is 6.61 Å². The molecule has 0 amide bonds. The zero-order valence-electron chi connectivity index (χ0n) is 14.9. The van der Waals surface area contributed by atoms with Crippen LogP contribution in [0.4, 0.5) is 0 Å². The van der Waals surface area contributed by atoms with Crippen molar-refractivity contribution in [3.63, 3.8) is 0 Å². The molecule has 3 aromatic rings. The van der Waals surface area contributed by atoms with Crippen LogP contribution in [0, 0.1) is 6.92 Å². The third-order valence-electron chi connectivity index (χ3n) is 4.07. The minimum absolute atomic E-state index is 0.197. The maximum absolute atomic E-state index is 12.9. The highest BCUT2D eigenvalue weighted by atomic mass is 16.5. The van der Waals surface area contributed by atoms with Crippen molar-refractivity contribution in [2.45, 2.75) is 26.9 Å². The number of ketones is 1. The molecule has 2 aromatic heterocycles. The largest absolute Gasteiger partial charge is 0.477 e. The first kappa shape index (κ1) is 17.7. The lowest BCUT2D eigenvalue weighted by Crippen LogP contribution is -2.25. The molecule has 6 nitrogen and oxygen atoms in total. The number of carbonyl (C=O) groups excluding carboxylic acids is 2. The lowest BCUT2D eigenvalue weighted by Gasteiger charge is -2.14. The molecule has 0 fully saturated rings. The number of benzene rings is 1. The van der Waals surface area contributed by atoms with E-state index < -0.39 is 12.1 Å². The molecule has 1 aromatic carbocycles. The van der Waals surface area contributed by atoms with Gasteiger partial charge in [-0.2, -0.15) is 0 Å². The summed E-state index contributed by atoms with van der Waals surface area (Å²) in [7, 11) is 0. The Morgan fingerprint density at radius 3 is 2.73 bits per heavy atom. The summed E-state index contributed by atoms with van der Waals surface area (Å²) in [6, 6.07) is 10.7. The van der Waals surface area contributed by atoms with Crippen molar-refractivity contribution in [2.24, 2.45) is 0 Å². The number of ether oxygens (including phenoxy) is 2. The molecule has 2 heterocycles. The highest BCUT2D eigenvalue weighted by Crippen LogP contribution is 2.24. The Labute approximate surface area is 151 Å². The van der Waals surface area contributed by atoms with E-state index in [0.29, 0.717) is 12.2 Å². The fourth-order valence-corrected chi connectivity index (χ4v) is 2.87. The van der Waals surface area contributed by atoms with Gasteiger partial charge in [-0.15, -0.1) is 0 Å². The van der Waals surface area contributed by atoms with Crippen LogP contribution in [0.15, 0.2) is 42.6 Å². The molecule has 1 N–H and O–H groups in total. The van der Waals surface area contributed by atoms with E-state index in [4.69, 9.17) is 9.47 Å². The Bertz CT molecular complexity index is 961. The molecule has 3 rings (SSSR count). The Morgan fingerprint density at radius 1 is 1.19 bits per heavy atom. The number of aromatic amines is 1. The highest BCUT2D eigenvalue weighted by Gasteiger charge is 2.26. The van der Waals surface area contributed by atoms with Crippen molar-refractivity contribution < 1.29 is 19.1 Å². The van der Waals surface area contributed by atoms with Crippen molar-refractivity contribution in [1.29, 1.82) is 0 Å². The van der Waals surface area contributed by atoms with Crippen molar-refractivity contribution >= 4 is 22.7 Å². The van der Waals surface area contributed by atoms with Crippen LogP contribution in [0.2, 0.25) is 0 Å². The molecule has 1 atom stereocenters. The van der Waals surface area contributed by atoms with E-state index in [1.807, 2.05) is 31.2 Å². The first-order valence-electron chi connectivity index (χ1n) is 8.43. The molecule has 0 aliphatic heterocycles. The molecular formula is C20H20N2O4. The van der Waals surface area contributed by atoms with Gasteiger partial charge in [0.2, 0.25) is 11.7 Å². The number of H-pyrrole nitrogens is 1. The first-order valence-corrected chi connectivity index (χ1v) is 8.43. The average Bonchev–Trinajstić information content (AvgIpc) is 2.97. The smallest absolute Gasteiger partial charge is 0.344 e. The van der Waals surface area contributed by atoms with Crippen molar-refractivity contribution in [3.8, 4) is 5.88 Å². The molecule has 0 bridgehead atoms. The average molecular weight is 352 g/mol. The van der Waals surface area contributed by atoms with E-state index in [1.54, 1.807) is 26.0 Å². The Balaban J connectivity index is 1.83. The quantitative estimate of drug-likeness (QED) is 0.540. The molecule has 0 saturated carbocycles. The molecule has 26 heavy (non-hydrogen) atoms. The summed E-state index contributed by atoms with van der Waals surface area (Å²) in [5, 5.41) is 0.814.